The van der Waals surface area contributed by atoms with E-state index in [2.05, 4.69) is 20.6 Å². The van der Waals surface area contributed by atoms with Crippen molar-refractivity contribution in [1.29, 1.82) is 0 Å². The quantitative estimate of drug-likeness (QED) is 0.582. The monoisotopic (exact) mass is 443 g/mol. The summed E-state index contributed by atoms with van der Waals surface area (Å²) in [6, 6.07) is 11.9. The van der Waals surface area contributed by atoms with Crippen molar-refractivity contribution < 1.29 is 13.2 Å². The number of hydrogen-bond acceptors (Lipinski definition) is 7. The fourth-order valence-corrected chi connectivity index (χ4v) is 5.72. The molecule has 2 N–H and O–H groups in total. The van der Waals surface area contributed by atoms with Gasteiger partial charge in [0.15, 0.2) is 0 Å². The molecule has 8 nitrogen and oxygen atoms in total. The van der Waals surface area contributed by atoms with E-state index >= 15 is 0 Å². The van der Waals surface area contributed by atoms with Crippen LogP contribution in [-0.4, -0.2) is 55.5 Å². The number of hydrogen-bond donors (Lipinski definition) is 2. The molecule has 1 fully saturated rings. The third-order valence-electron chi connectivity index (χ3n) is 4.70. The molecule has 2 amide bonds. The molecule has 156 valence electrons. The lowest BCUT2D eigenvalue weighted by molar-refractivity contribution is 0.219. The molecule has 2 aromatic heterocycles. The number of benzene rings is 1. The first-order valence-corrected chi connectivity index (χ1v) is 11.7. The van der Waals surface area contributed by atoms with Gasteiger partial charge < -0.3 is 15.5 Å². The Morgan fingerprint density at radius 2 is 1.97 bits per heavy atom. The third-order valence-corrected chi connectivity index (χ3v) is 8.06. The Morgan fingerprint density at radius 3 is 2.70 bits per heavy atom. The van der Waals surface area contributed by atoms with Crippen LogP contribution in [0.15, 0.2) is 57.8 Å². The number of aromatic nitrogens is 2. The third kappa shape index (κ3) is 4.29. The van der Waals surface area contributed by atoms with E-state index in [1.807, 2.05) is 6.92 Å². The van der Waals surface area contributed by atoms with Gasteiger partial charge in [-0.2, -0.15) is 0 Å². The Hall–Kier alpha value is -2.98. The molecule has 1 aliphatic rings. The minimum Gasteiger partial charge on any atom is -0.352 e. The molecule has 0 aliphatic carbocycles. The molecule has 0 spiro atoms. The maximum absolute atomic E-state index is 12.9. The van der Waals surface area contributed by atoms with Crippen LogP contribution in [-0.2, 0) is 9.84 Å². The van der Waals surface area contributed by atoms with E-state index in [-0.39, 0.29) is 15.1 Å². The molecule has 0 unspecified atom stereocenters. The summed E-state index contributed by atoms with van der Waals surface area (Å²) in [6.45, 7) is 4.35. The van der Waals surface area contributed by atoms with Gasteiger partial charge in [-0.25, -0.2) is 23.2 Å². The second kappa shape index (κ2) is 8.41. The second-order valence-electron chi connectivity index (χ2n) is 6.85. The molecule has 1 saturated heterocycles. The molecule has 0 radical (unpaired) electrons. The lowest BCUT2D eigenvalue weighted by Crippen LogP contribution is -2.32. The van der Waals surface area contributed by atoms with Crippen molar-refractivity contribution in [3.05, 3.63) is 54.2 Å². The van der Waals surface area contributed by atoms with Crippen LogP contribution < -0.4 is 10.6 Å². The summed E-state index contributed by atoms with van der Waals surface area (Å²) in [5.41, 5.74) is 1.65. The zero-order valence-electron chi connectivity index (χ0n) is 16.3. The molecule has 1 aliphatic heterocycles. The fraction of sp³-hybridized carbons (Fsp3) is 0.250. The summed E-state index contributed by atoms with van der Waals surface area (Å²) in [5.74, 6) is 0.434. The van der Waals surface area contributed by atoms with Gasteiger partial charge in [0.2, 0.25) is 15.8 Å². The van der Waals surface area contributed by atoms with E-state index < -0.39 is 9.84 Å². The van der Waals surface area contributed by atoms with Crippen LogP contribution in [0.5, 0.6) is 0 Å². The average Bonchev–Trinajstić information content (AvgIpc) is 3.39. The maximum Gasteiger partial charge on any atom is 0.317 e. The maximum atomic E-state index is 12.9. The highest BCUT2D eigenvalue weighted by Gasteiger charge is 2.21. The van der Waals surface area contributed by atoms with Crippen molar-refractivity contribution in [2.75, 3.05) is 31.5 Å². The van der Waals surface area contributed by atoms with Crippen LogP contribution in [0.3, 0.4) is 0 Å². The highest BCUT2D eigenvalue weighted by molar-refractivity contribution is 7.93. The van der Waals surface area contributed by atoms with Crippen molar-refractivity contribution in [1.82, 2.24) is 20.2 Å². The number of rotatable bonds is 7. The Kier molecular flexibility index (Phi) is 5.69. The minimum atomic E-state index is -3.57. The SMILES string of the molecule is Cc1ccc(S(=O)(=O)c2ccc(-c3ccnc(NCCN4CCNC4=O)n3)s2)cc1. The van der Waals surface area contributed by atoms with Gasteiger partial charge in [0.25, 0.3) is 0 Å². The lowest BCUT2D eigenvalue weighted by Gasteiger charge is -2.14. The number of carbonyl (C=O) groups excluding carboxylic acids is 1. The van der Waals surface area contributed by atoms with E-state index in [0.717, 1.165) is 10.4 Å². The molecule has 3 aromatic rings. The van der Waals surface area contributed by atoms with Gasteiger partial charge in [-0.15, -0.1) is 11.3 Å². The standard InChI is InChI=1S/C20H21N5O3S2/c1-14-2-4-15(5-3-14)30(27,28)18-7-6-17(29-18)16-8-9-21-19(24-16)22-10-12-25-13-11-23-20(25)26/h2-9H,10-13H2,1H3,(H,23,26)(H,21,22,24). The van der Waals surface area contributed by atoms with E-state index in [4.69, 9.17) is 0 Å². The number of nitrogens with zero attached hydrogens (tertiary/aromatic N) is 3. The summed E-state index contributed by atoms with van der Waals surface area (Å²) in [4.78, 5) is 23.0. The zero-order valence-corrected chi connectivity index (χ0v) is 18.0. The van der Waals surface area contributed by atoms with Crippen LogP contribution in [0.25, 0.3) is 10.6 Å². The molecule has 1 aromatic carbocycles. The number of carbonyl (C=O) groups is 1. The Balaban J connectivity index is 1.47. The molecular weight excluding hydrogens is 422 g/mol. The van der Waals surface area contributed by atoms with Crippen molar-refractivity contribution in [3.8, 4) is 10.6 Å². The first-order valence-electron chi connectivity index (χ1n) is 9.45. The Bertz CT molecular complexity index is 1160. The van der Waals surface area contributed by atoms with Gasteiger partial charge >= 0.3 is 6.03 Å². The normalized spacial score (nSPS) is 14.0. The average molecular weight is 444 g/mol. The van der Waals surface area contributed by atoms with E-state index in [1.54, 1.807) is 53.6 Å². The fourth-order valence-electron chi connectivity index (χ4n) is 3.04. The van der Waals surface area contributed by atoms with Gasteiger partial charge in [0.05, 0.1) is 15.5 Å². The smallest absolute Gasteiger partial charge is 0.317 e. The minimum absolute atomic E-state index is 0.0626. The second-order valence-corrected chi connectivity index (χ2v) is 10.1. The summed E-state index contributed by atoms with van der Waals surface area (Å²) < 4.78 is 26.0. The predicted molar refractivity (Wildman–Crippen MR) is 115 cm³/mol. The Labute approximate surface area is 178 Å². The van der Waals surface area contributed by atoms with Gasteiger partial charge in [0, 0.05) is 32.4 Å². The van der Waals surface area contributed by atoms with Crippen LogP contribution in [0.4, 0.5) is 10.7 Å². The number of urea groups is 1. The van der Waals surface area contributed by atoms with Crippen molar-refractivity contribution in [2.24, 2.45) is 0 Å². The predicted octanol–water partition coefficient (Wildman–Crippen LogP) is 2.78. The van der Waals surface area contributed by atoms with Crippen LogP contribution in [0, 0.1) is 6.92 Å². The summed E-state index contributed by atoms with van der Waals surface area (Å²) in [5, 5.41) is 5.87. The van der Waals surface area contributed by atoms with E-state index in [0.29, 0.717) is 37.8 Å². The van der Waals surface area contributed by atoms with E-state index in [1.165, 1.54) is 11.3 Å². The van der Waals surface area contributed by atoms with Crippen LogP contribution >= 0.6 is 11.3 Å². The molecule has 0 bridgehead atoms. The summed E-state index contributed by atoms with van der Waals surface area (Å²) in [6.07, 6.45) is 1.63. The largest absolute Gasteiger partial charge is 0.352 e. The number of anilines is 1. The van der Waals surface area contributed by atoms with Crippen molar-refractivity contribution in [2.45, 2.75) is 16.0 Å². The number of nitrogens with one attached hydrogen (secondary N) is 2. The number of sulfone groups is 1. The van der Waals surface area contributed by atoms with Gasteiger partial charge in [0.1, 0.15) is 4.21 Å². The highest BCUT2D eigenvalue weighted by Crippen LogP contribution is 2.33. The summed E-state index contributed by atoms with van der Waals surface area (Å²) >= 11 is 1.18. The van der Waals surface area contributed by atoms with Crippen LogP contribution in [0.2, 0.25) is 0 Å². The Morgan fingerprint density at radius 1 is 1.17 bits per heavy atom. The highest BCUT2D eigenvalue weighted by atomic mass is 32.2. The topological polar surface area (TPSA) is 104 Å². The lowest BCUT2D eigenvalue weighted by atomic mass is 10.2. The molecule has 30 heavy (non-hydrogen) atoms. The summed E-state index contributed by atoms with van der Waals surface area (Å²) in [7, 11) is -3.57. The van der Waals surface area contributed by atoms with Gasteiger partial charge in [-0.1, -0.05) is 17.7 Å². The molecule has 3 heterocycles. The molecule has 10 heteroatoms. The van der Waals surface area contributed by atoms with E-state index in [9.17, 15) is 13.2 Å². The number of thiophene rings is 1. The van der Waals surface area contributed by atoms with Gasteiger partial charge in [-0.3, -0.25) is 0 Å². The van der Waals surface area contributed by atoms with Crippen molar-refractivity contribution >= 4 is 33.2 Å². The zero-order chi connectivity index (χ0) is 21.1. The molecule has 4 rings (SSSR count). The first-order chi connectivity index (χ1) is 14.4. The molecule has 0 atom stereocenters. The van der Waals surface area contributed by atoms with Crippen molar-refractivity contribution in [3.63, 3.8) is 0 Å². The molecular formula is C20H21N5O3S2. The number of amides is 2. The van der Waals surface area contributed by atoms with Crippen LogP contribution in [0.1, 0.15) is 5.56 Å². The molecule has 0 saturated carbocycles. The van der Waals surface area contributed by atoms with Gasteiger partial charge in [-0.05, 0) is 37.3 Å². The first kappa shape index (κ1) is 20.3. The number of aryl methyl sites for hydroxylation is 1.